The maximum absolute atomic E-state index is 13.0. The second-order valence-corrected chi connectivity index (χ2v) is 11.1. The highest BCUT2D eigenvalue weighted by Crippen LogP contribution is 2.33. The Balaban J connectivity index is 1.10. The van der Waals surface area contributed by atoms with Gasteiger partial charge < -0.3 is 15.7 Å². The minimum atomic E-state index is -1.33. The maximum Gasteiger partial charge on any atom is 0.315 e. The predicted octanol–water partition coefficient (Wildman–Crippen LogP) is 5.62. The third-order valence-electron chi connectivity index (χ3n) is 8.65. The average molecular weight is 512 g/mol. The highest BCUT2D eigenvalue weighted by molar-refractivity contribution is 5.75. The molecule has 3 N–H and O–H groups in total. The molecule has 5 nitrogen and oxygen atoms in total. The van der Waals surface area contributed by atoms with Crippen LogP contribution in [-0.4, -0.2) is 41.2 Å². The van der Waals surface area contributed by atoms with Gasteiger partial charge in [0.25, 0.3) is 0 Å². The highest BCUT2D eigenvalue weighted by atomic mass is 16.3. The van der Waals surface area contributed by atoms with Gasteiger partial charge in [0.1, 0.15) is 5.60 Å². The molecule has 1 heterocycles. The summed E-state index contributed by atoms with van der Waals surface area (Å²) in [5.74, 6) is 0.730. The average Bonchev–Trinajstić information content (AvgIpc) is 2.97. The summed E-state index contributed by atoms with van der Waals surface area (Å²) in [6.07, 6.45) is 6.73. The van der Waals surface area contributed by atoms with Gasteiger partial charge in [-0.15, -0.1) is 0 Å². The molecule has 0 aromatic heterocycles. The summed E-state index contributed by atoms with van der Waals surface area (Å²) in [6.45, 7) is 5.26. The molecule has 3 aromatic carbocycles. The molecule has 3 aromatic rings. The van der Waals surface area contributed by atoms with Gasteiger partial charge in [0.05, 0.1) is 6.04 Å². The van der Waals surface area contributed by atoms with E-state index in [0.717, 1.165) is 68.8 Å². The van der Waals surface area contributed by atoms with Crippen molar-refractivity contribution < 1.29 is 9.90 Å². The van der Waals surface area contributed by atoms with Gasteiger partial charge in [0.15, 0.2) is 0 Å². The Bertz CT molecular complexity index is 1140. The molecule has 2 amide bonds. The highest BCUT2D eigenvalue weighted by Gasteiger charge is 2.38. The van der Waals surface area contributed by atoms with Crippen LogP contribution in [0.4, 0.5) is 4.79 Å². The van der Waals surface area contributed by atoms with Crippen molar-refractivity contribution >= 4 is 6.03 Å². The lowest BCUT2D eigenvalue weighted by Crippen LogP contribution is -2.54. The van der Waals surface area contributed by atoms with Crippen LogP contribution in [0, 0.1) is 5.92 Å². The van der Waals surface area contributed by atoms with Crippen molar-refractivity contribution in [2.75, 3.05) is 13.1 Å². The minimum absolute atomic E-state index is 0.182. The molecule has 1 saturated carbocycles. The van der Waals surface area contributed by atoms with Gasteiger partial charge in [0.2, 0.25) is 0 Å². The van der Waals surface area contributed by atoms with Crippen molar-refractivity contribution in [3.8, 4) is 0 Å². The van der Waals surface area contributed by atoms with Crippen molar-refractivity contribution in [2.45, 2.75) is 69.7 Å². The Morgan fingerprint density at radius 3 is 2.11 bits per heavy atom. The Hall–Kier alpha value is -3.15. The standard InChI is InChI=1S/C33H41N3O2/c1-25(33(38,29-12-4-2-5-13-29)30-14-6-3-7-15-30)34-32(37)35-31-18-16-26(17-19-31)20-22-36-23-21-27-10-8-9-11-28(27)24-36/h2-15,25-26,31,38H,16-24H2,1H3,(H2,34,35,37)/t25-,26?,31?/m0/s1. The van der Waals surface area contributed by atoms with Gasteiger partial charge in [-0.25, -0.2) is 4.79 Å². The molecule has 38 heavy (non-hydrogen) atoms. The fourth-order valence-corrected chi connectivity index (χ4v) is 6.28. The van der Waals surface area contributed by atoms with Crippen LogP contribution >= 0.6 is 0 Å². The number of aliphatic hydroxyl groups is 1. The van der Waals surface area contributed by atoms with E-state index in [0.29, 0.717) is 0 Å². The molecule has 0 bridgehead atoms. The lowest BCUT2D eigenvalue weighted by atomic mass is 9.81. The number of hydrogen-bond donors (Lipinski definition) is 3. The molecule has 0 saturated heterocycles. The number of benzene rings is 3. The number of urea groups is 1. The first-order valence-electron chi connectivity index (χ1n) is 14.2. The van der Waals surface area contributed by atoms with Crippen LogP contribution in [0.5, 0.6) is 0 Å². The number of hydrogen-bond acceptors (Lipinski definition) is 3. The van der Waals surface area contributed by atoms with Crippen molar-refractivity contribution in [3.05, 3.63) is 107 Å². The quantitative estimate of drug-likeness (QED) is 0.368. The largest absolute Gasteiger partial charge is 0.378 e. The first kappa shape index (κ1) is 26.5. The van der Waals surface area contributed by atoms with Crippen molar-refractivity contribution in [3.63, 3.8) is 0 Å². The number of nitrogens with one attached hydrogen (secondary N) is 2. The fraction of sp³-hybridized carbons (Fsp3) is 0.424. The molecule has 1 atom stereocenters. The smallest absolute Gasteiger partial charge is 0.315 e. The molecule has 0 unspecified atom stereocenters. The van der Waals surface area contributed by atoms with E-state index in [2.05, 4.69) is 39.8 Å². The van der Waals surface area contributed by atoms with Gasteiger partial charge in [0, 0.05) is 19.1 Å². The summed E-state index contributed by atoms with van der Waals surface area (Å²) in [4.78, 5) is 15.6. The van der Waals surface area contributed by atoms with Crippen molar-refractivity contribution in [1.29, 1.82) is 0 Å². The minimum Gasteiger partial charge on any atom is -0.378 e. The molecule has 5 heteroatoms. The van der Waals surface area contributed by atoms with Crippen LogP contribution in [0.15, 0.2) is 84.9 Å². The van der Waals surface area contributed by atoms with Crippen molar-refractivity contribution in [1.82, 2.24) is 15.5 Å². The van der Waals surface area contributed by atoms with Gasteiger partial charge >= 0.3 is 6.03 Å². The van der Waals surface area contributed by atoms with E-state index in [1.807, 2.05) is 67.6 Å². The molecule has 5 rings (SSSR count). The zero-order valence-electron chi connectivity index (χ0n) is 22.5. The normalized spacial score (nSPS) is 20.8. The molecule has 0 radical (unpaired) electrons. The predicted molar refractivity (Wildman–Crippen MR) is 153 cm³/mol. The van der Waals surface area contributed by atoms with E-state index >= 15 is 0 Å². The van der Waals surface area contributed by atoms with Crippen LogP contribution in [-0.2, 0) is 18.6 Å². The van der Waals surface area contributed by atoms with Crippen LogP contribution in [0.2, 0.25) is 0 Å². The Labute approximate surface area is 227 Å². The first-order chi connectivity index (χ1) is 18.5. The summed E-state index contributed by atoms with van der Waals surface area (Å²) in [6, 6.07) is 27.5. The van der Waals surface area contributed by atoms with Crippen molar-refractivity contribution in [2.24, 2.45) is 5.92 Å². The van der Waals surface area contributed by atoms with Crippen LogP contribution in [0.1, 0.15) is 61.3 Å². The SMILES string of the molecule is C[C@H](NC(=O)NC1CCC(CCN2CCc3ccccc3C2)CC1)C(O)(c1ccccc1)c1ccccc1. The lowest BCUT2D eigenvalue weighted by Gasteiger charge is -2.36. The van der Waals surface area contributed by atoms with E-state index in [4.69, 9.17) is 0 Å². The first-order valence-corrected chi connectivity index (χ1v) is 14.2. The number of amides is 2. The van der Waals surface area contributed by atoms with Crippen LogP contribution < -0.4 is 10.6 Å². The molecule has 0 spiro atoms. The molecular weight excluding hydrogens is 470 g/mol. The van der Waals surface area contributed by atoms with Crippen LogP contribution in [0.25, 0.3) is 0 Å². The summed E-state index contributed by atoms with van der Waals surface area (Å²) in [5, 5.41) is 18.1. The summed E-state index contributed by atoms with van der Waals surface area (Å²) in [7, 11) is 0. The van der Waals surface area contributed by atoms with Crippen LogP contribution in [0.3, 0.4) is 0 Å². The third kappa shape index (κ3) is 6.11. The number of carbonyl (C=O) groups is 1. The summed E-state index contributed by atoms with van der Waals surface area (Å²) >= 11 is 0. The van der Waals surface area contributed by atoms with E-state index in [1.54, 1.807) is 0 Å². The Kier molecular flexibility index (Phi) is 8.45. The molecule has 2 aliphatic rings. The maximum atomic E-state index is 13.0. The Morgan fingerprint density at radius 1 is 0.895 bits per heavy atom. The van der Waals surface area contributed by atoms with Gasteiger partial charge in [-0.05, 0) is 80.2 Å². The molecule has 1 aliphatic carbocycles. The second kappa shape index (κ2) is 12.1. The topological polar surface area (TPSA) is 64.6 Å². The number of fused-ring (bicyclic) bond motifs is 1. The molecular formula is C33H41N3O2. The third-order valence-corrected chi connectivity index (χ3v) is 8.65. The summed E-state index contributed by atoms with van der Waals surface area (Å²) < 4.78 is 0. The second-order valence-electron chi connectivity index (χ2n) is 11.1. The monoisotopic (exact) mass is 511 g/mol. The van der Waals surface area contributed by atoms with Gasteiger partial charge in [-0.1, -0.05) is 84.9 Å². The zero-order valence-corrected chi connectivity index (χ0v) is 22.5. The molecule has 1 aliphatic heterocycles. The lowest BCUT2D eigenvalue weighted by molar-refractivity contribution is 0.0470. The van der Waals surface area contributed by atoms with Gasteiger partial charge in [-0.3, -0.25) is 4.90 Å². The molecule has 1 fully saturated rings. The van der Waals surface area contributed by atoms with E-state index in [9.17, 15) is 9.90 Å². The van der Waals surface area contributed by atoms with E-state index < -0.39 is 11.6 Å². The summed E-state index contributed by atoms with van der Waals surface area (Å²) in [5.41, 5.74) is 3.19. The molecule has 200 valence electrons. The van der Waals surface area contributed by atoms with E-state index in [1.165, 1.54) is 17.5 Å². The number of carbonyl (C=O) groups excluding carboxylic acids is 1. The number of rotatable bonds is 8. The Morgan fingerprint density at radius 2 is 1.47 bits per heavy atom. The van der Waals surface area contributed by atoms with Gasteiger partial charge in [-0.2, -0.15) is 0 Å². The fourth-order valence-electron chi connectivity index (χ4n) is 6.28. The van der Waals surface area contributed by atoms with E-state index in [-0.39, 0.29) is 12.1 Å². The zero-order chi connectivity index (χ0) is 26.4. The number of nitrogens with zero attached hydrogens (tertiary/aromatic N) is 1.